The van der Waals surface area contributed by atoms with Gasteiger partial charge in [0.1, 0.15) is 5.82 Å². The molecule has 144 valence electrons. The minimum atomic E-state index is -0.273. The lowest BCUT2D eigenvalue weighted by Gasteiger charge is -2.22. The van der Waals surface area contributed by atoms with Gasteiger partial charge in [-0.25, -0.2) is 0 Å². The van der Waals surface area contributed by atoms with Crippen LogP contribution in [0.2, 0.25) is 0 Å². The summed E-state index contributed by atoms with van der Waals surface area (Å²) >= 11 is 1.45. The number of thioether (sulfide) groups is 1. The first-order chi connectivity index (χ1) is 13.6. The lowest BCUT2D eigenvalue weighted by Crippen LogP contribution is -2.35. The normalized spacial score (nSPS) is 14.8. The second-order valence-corrected chi connectivity index (χ2v) is 8.51. The van der Waals surface area contributed by atoms with Crippen LogP contribution < -0.4 is 5.32 Å². The molecule has 1 aromatic heterocycles. The number of hydrogen-bond donors (Lipinski definition) is 1. The maximum Gasteiger partial charge on any atom is 0.234 e. The lowest BCUT2D eigenvalue weighted by atomic mass is 9.98. The van der Waals surface area contributed by atoms with Crippen molar-refractivity contribution in [3.8, 4) is 0 Å². The summed E-state index contributed by atoms with van der Waals surface area (Å²) in [5.74, 6) is 1.55. The highest BCUT2D eigenvalue weighted by Crippen LogP contribution is 2.39. The zero-order chi connectivity index (χ0) is 19.5. The smallest absolute Gasteiger partial charge is 0.234 e. The largest absolute Gasteiger partial charge is 0.344 e. The second-order valence-electron chi connectivity index (χ2n) is 7.20. The van der Waals surface area contributed by atoms with Crippen LogP contribution in [-0.2, 0) is 11.8 Å². The van der Waals surface area contributed by atoms with Crippen molar-refractivity contribution in [3.05, 3.63) is 77.6 Å². The van der Waals surface area contributed by atoms with E-state index in [9.17, 15) is 4.79 Å². The highest BCUT2D eigenvalue weighted by Gasteiger charge is 2.30. The molecule has 1 fully saturated rings. The van der Waals surface area contributed by atoms with E-state index in [4.69, 9.17) is 0 Å². The molecule has 0 saturated heterocycles. The fourth-order valence-corrected chi connectivity index (χ4v) is 4.08. The van der Waals surface area contributed by atoms with E-state index in [1.165, 1.54) is 24.6 Å². The van der Waals surface area contributed by atoms with Gasteiger partial charge in [0.2, 0.25) is 5.91 Å². The van der Waals surface area contributed by atoms with Crippen molar-refractivity contribution < 1.29 is 4.79 Å². The van der Waals surface area contributed by atoms with Crippen molar-refractivity contribution in [2.45, 2.75) is 42.1 Å². The standard InChI is InChI=1S/C22H24N4OS/c1-15(28-22-25-24-20(26(22)2)18-13-14-18)21(27)23-19(16-9-5-3-6-10-16)17-11-7-4-8-12-17/h3-12,15,18-19H,13-14H2,1-2H3,(H,23,27). The molecule has 0 aliphatic heterocycles. The van der Waals surface area contributed by atoms with E-state index >= 15 is 0 Å². The van der Waals surface area contributed by atoms with Gasteiger partial charge >= 0.3 is 0 Å². The van der Waals surface area contributed by atoms with Crippen LogP contribution >= 0.6 is 11.8 Å². The number of rotatable bonds is 7. The van der Waals surface area contributed by atoms with Crippen molar-refractivity contribution in [3.63, 3.8) is 0 Å². The fourth-order valence-electron chi connectivity index (χ4n) is 3.25. The average molecular weight is 393 g/mol. The summed E-state index contributed by atoms with van der Waals surface area (Å²) in [7, 11) is 1.98. The topological polar surface area (TPSA) is 59.8 Å². The van der Waals surface area contributed by atoms with Gasteiger partial charge in [-0.1, -0.05) is 72.4 Å². The Morgan fingerprint density at radius 3 is 2.14 bits per heavy atom. The molecule has 5 nitrogen and oxygen atoms in total. The Balaban J connectivity index is 1.49. The number of hydrogen-bond acceptors (Lipinski definition) is 4. The van der Waals surface area contributed by atoms with E-state index < -0.39 is 0 Å². The quantitative estimate of drug-likeness (QED) is 0.616. The molecule has 0 radical (unpaired) electrons. The molecule has 0 bridgehead atoms. The molecule has 3 aromatic rings. The van der Waals surface area contributed by atoms with E-state index in [1.807, 2.05) is 79.2 Å². The minimum Gasteiger partial charge on any atom is -0.344 e. The average Bonchev–Trinajstić information content (AvgIpc) is 3.51. The first-order valence-electron chi connectivity index (χ1n) is 9.59. The van der Waals surface area contributed by atoms with Crippen molar-refractivity contribution in [2.24, 2.45) is 7.05 Å². The van der Waals surface area contributed by atoms with Gasteiger partial charge in [0.25, 0.3) is 0 Å². The van der Waals surface area contributed by atoms with Crippen LogP contribution in [0.3, 0.4) is 0 Å². The van der Waals surface area contributed by atoms with Gasteiger partial charge < -0.3 is 9.88 Å². The summed E-state index contributed by atoms with van der Waals surface area (Å²) < 4.78 is 2.03. The number of aromatic nitrogens is 3. The SMILES string of the molecule is CC(Sc1nnc(C2CC2)n1C)C(=O)NC(c1ccccc1)c1ccccc1. The van der Waals surface area contributed by atoms with Gasteiger partial charge in [-0.15, -0.1) is 10.2 Å². The molecule has 6 heteroatoms. The molecule has 1 atom stereocenters. The van der Waals surface area contributed by atoms with E-state index in [-0.39, 0.29) is 17.2 Å². The van der Waals surface area contributed by atoms with E-state index in [0.29, 0.717) is 5.92 Å². The molecule has 4 rings (SSSR count). The first kappa shape index (κ1) is 18.7. The molecule has 1 aliphatic carbocycles. The summed E-state index contributed by atoms with van der Waals surface area (Å²) in [5.41, 5.74) is 2.13. The lowest BCUT2D eigenvalue weighted by molar-refractivity contribution is -0.120. The van der Waals surface area contributed by atoms with Crippen LogP contribution in [0.1, 0.15) is 48.7 Å². The molecule has 2 aromatic carbocycles. The Bertz CT molecular complexity index is 898. The maximum atomic E-state index is 13.0. The van der Waals surface area contributed by atoms with Crippen LogP contribution in [-0.4, -0.2) is 25.9 Å². The molecule has 1 heterocycles. The Morgan fingerprint density at radius 1 is 1.04 bits per heavy atom. The van der Waals surface area contributed by atoms with E-state index in [1.54, 1.807) is 0 Å². The highest BCUT2D eigenvalue weighted by atomic mass is 32.2. The van der Waals surface area contributed by atoms with Crippen molar-refractivity contribution in [1.82, 2.24) is 20.1 Å². The monoisotopic (exact) mass is 392 g/mol. The van der Waals surface area contributed by atoms with Gasteiger partial charge in [-0.3, -0.25) is 4.79 Å². The van der Waals surface area contributed by atoms with Gasteiger partial charge in [0, 0.05) is 13.0 Å². The predicted octanol–water partition coefficient (Wildman–Crippen LogP) is 4.08. The summed E-state index contributed by atoms with van der Waals surface area (Å²) in [6.07, 6.45) is 2.37. The van der Waals surface area contributed by atoms with Crippen LogP contribution in [0.5, 0.6) is 0 Å². The summed E-state index contributed by atoms with van der Waals surface area (Å²) in [5, 5.41) is 12.3. The molecule has 1 aliphatic rings. The Kier molecular flexibility index (Phi) is 5.48. The number of nitrogens with one attached hydrogen (secondary N) is 1. The molecule has 1 unspecified atom stereocenters. The molecular weight excluding hydrogens is 368 g/mol. The molecule has 0 spiro atoms. The number of amides is 1. The molecule has 28 heavy (non-hydrogen) atoms. The van der Waals surface area contributed by atoms with Crippen molar-refractivity contribution >= 4 is 17.7 Å². The fraction of sp³-hybridized carbons (Fsp3) is 0.318. The van der Waals surface area contributed by atoms with Gasteiger partial charge in [0.05, 0.1) is 11.3 Å². The molecular formula is C22H24N4OS. The number of nitrogens with zero attached hydrogens (tertiary/aromatic N) is 3. The van der Waals surface area contributed by atoms with Crippen LogP contribution in [0.4, 0.5) is 0 Å². The summed E-state index contributed by atoms with van der Waals surface area (Å²) in [6, 6.07) is 19.9. The van der Waals surface area contributed by atoms with Gasteiger partial charge in [0.15, 0.2) is 5.16 Å². The molecule has 1 N–H and O–H groups in total. The van der Waals surface area contributed by atoms with Crippen LogP contribution in [0.25, 0.3) is 0 Å². The number of carbonyl (C=O) groups excluding carboxylic acids is 1. The Hall–Kier alpha value is -2.60. The summed E-state index contributed by atoms with van der Waals surface area (Å²) in [6.45, 7) is 1.92. The predicted molar refractivity (Wildman–Crippen MR) is 111 cm³/mol. The Labute approximate surface area is 169 Å². The van der Waals surface area contributed by atoms with E-state index in [0.717, 1.165) is 22.1 Å². The molecule has 1 amide bonds. The Morgan fingerprint density at radius 2 is 1.61 bits per heavy atom. The van der Waals surface area contributed by atoms with Crippen LogP contribution in [0, 0.1) is 0 Å². The zero-order valence-electron chi connectivity index (χ0n) is 16.1. The van der Waals surface area contributed by atoms with Crippen molar-refractivity contribution in [2.75, 3.05) is 0 Å². The third kappa shape index (κ3) is 4.12. The maximum absolute atomic E-state index is 13.0. The third-order valence-electron chi connectivity index (χ3n) is 5.01. The van der Waals surface area contributed by atoms with Crippen LogP contribution in [0.15, 0.2) is 65.8 Å². The third-order valence-corrected chi connectivity index (χ3v) is 6.15. The zero-order valence-corrected chi connectivity index (χ0v) is 16.9. The number of carbonyl (C=O) groups is 1. The highest BCUT2D eigenvalue weighted by molar-refractivity contribution is 8.00. The number of benzene rings is 2. The first-order valence-corrected chi connectivity index (χ1v) is 10.5. The van der Waals surface area contributed by atoms with E-state index in [2.05, 4.69) is 15.5 Å². The van der Waals surface area contributed by atoms with Gasteiger partial charge in [-0.05, 0) is 30.9 Å². The summed E-state index contributed by atoms with van der Waals surface area (Å²) in [4.78, 5) is 13.0. The molecule has 1 saturated carbocycles. The minimum absolute atomic E-state index is 0.0151. The van der Waals surface area contributed by atoms with Gasteiger partial charge in [-0.2, -0.15) is 0 Å². The second kappa shape index (κ2) is 8.19. The van der Waals surface area contributed by atoms with Crippen molar-refractivity contribution in [1.29, 1.82) is 0 Å².